The summed E-state index contributed by atoms with van der Waals surface area (Å²) in [5.74, 6) is -0.876. The van der Waals surface area contributed by atoms with Gasteiger partial charge in [0, 0.05) is 6.20 Å². The third kappa shape index (κ3) is 2.05. The quantitative estimate of drug-likeness (QED) is 0.754. The van der Waals surface area contributed by atoms with Crippen LogP contribution in [0.4, 0.5) is 0 Å². The first-order chi connectivity index (χ1) is 6.02. The molecule has 1 rings (SSSR count). The maximum absolute atomic E-state index is 10.9. The largest absolute Gasteiger partial charge is 0.480 e. The number of aryl methyl sites for hydroxylation is 1. The van der Waals surface area contributed by atoms with E-state index in [1.807, 2.05) is 13.8 Å². The molecule has 0 saturated carbocycles. The highest BCUT2D eigenvalue weighted by Crippen LogP contribution is 2.16. The van der Waals surface area contributed by atoms with E-state index in [0.717, 1.165) is 5.69 Å². The summed E-state index contributed by atoms with van der Waals surface area (Å²) in [6, 6.07) is -0.624. The summed E-state index contributed by atoms with van der Waals surface area (Å²) in [7, 11) is 0. The summed E-state index contributed by atoms with van der Waals surface area (Å²) in [5.41, 5.74) is 0.729. The van der Waals surface area contributed by atoms with Crippen molar-refractivity contribution in [2.45, 2.75) is 26.8 Å². The summed E-state index contributed by atoms with van der Waals surface area (Å²) in [6.07, 6.45) is 1.64. The molecule has 1 N–H and O–H groups in total. The van der Waals surface area contributed by atoms with Gasteiger partial charge in [0.1, 0.15) is 0 Å². The second-order valence-electron chi connectivity index (χ2n) is 3.37. The molecule has 0 amide bonds. The lowest BCUT2D eigenvalue weighted by Crippen LogP contribution is -2.24. The molecular weight excluding hydrogens is 170 g/mol. The van der Waals surface area contributed by atoms with Crippen LogP contribution in [-0.4, -0.2) is 26.1 Å². The van der Waals surface area contributed by atoms with Gasteiger partial charge in [-0.2, -0.15) is 0 Å². The number of carboxylic acids is 1. The third-order valence-corrected chi connectivity index (χ3v) is 1.79. The molecule has 1 heterocycles. The molecule has 0 spiro atoms. The molecule has 0 fully saturated rings. The average Bonchev–Trinajstić information content (AvgIpc) is 2.34. The van der Waals surface area contributed by atoms with Gasteiger partial charge < -0.3 is 5.11 Å². The Morgan fingerprint density at radius 2 is 2.23 bits per heavy atom. The van der Waals surface area contributed by atoms with Gasteiger partial charge in [0.15, 0.2) is 6.04 Å². The highest BCUT2D eigenvalue weighted by Gasteiger charge is 2.24. The van der Waals surface area contributed by atoms with Crippen LogP contribution in [0.5, 0.6) is 0 Å². The van der Waals surface area contributed by atoms with Crippen LogP contribution in [0.1, 0.15) is 25.6 Å². The second kappa shape index (κ2) is 3.55. The summed E-state index contributed by atoms with van der Waals surface area (Å²) >= 11 is 0. The van der Waals surface area contributed by atoms with Gasteiger partial charge in [0.25, 0.3) is 0 Å². The van der Waals surface area contributed by atoms with Crippen molar-refractivity contribution in [3.05, 3.63) is 11.9 Å². The van der Waals surface area contributed by atoms with Crippen LogP contribution in [-0.2, 0) is 4.79 Å². The third-order valence-electron chi connectivity index (χ3n) is 1.79. The molecule has 13 heavy (non-hydrogen) atoms. The average molecular weight is 183 g/mol. The van der Waals surface area contributed by atoms with Crippen molar-refractivity contribution in [3.8, 4) is 0 Å². The van der Waals surface area contributed by atoms with E-state index in [9.17, 15) is 4.79 Å². The fourth-order valence-corrected chi connectivity index (χ4v) is 1.20. The minimum absolute atomic E-state index is 0.00130. The summed E-state index contributed by atoms with van der Waals surface area (Å²) < 4.78 is 1.39. The Morgan fingerprint density at radius 3 is 2.54 bits per heavy atom. The standard InChI is InChI=1S/C8H13N3O2/c1-5(2)7(8(12)13)11-4-6(3)9-10-11/h4-5,7H,1-3H3,(H,12,13)/t7-/m0/s1. The molecule has 5 heteroatoms. The lowest BCUT2D eigenvalue weighted by molar-refractivity contribution is -0.142. The van der Waals surface area contributed by atoms with Crippen molar-refractivity contribution in [3.63, 3.8) is 0 Å². The molecule has 0 unspecified atom stereocenters. The van der Waals surface area contributed by atoms with Crippen LogP contribution in [0.3, 0.4) is 0 Å². The molecule has 0 aliphatic heterocycles. The zero-order chi connectivity index (χ0) is 10.0. The van der Waals surface area contributed by atoms with Crippen LogP contribution in [0.15, 0.2) is 6.20 Å². The predicted molar refractivity (Wildman–Crippen MR) is 46.3 cm³/mol. The van der Waals surface area contributed by atoms with E-state index in [0.29, 0.717) is 0 Å². The number of aliphatic carboxylic acids is 1. The first kappa shape index (κ1) is 9.70. The van der Waals surface area contributed by atoms with Crippen LogP contribution >= 0.6 is 0 Å². The minimum Gasteiger partial charge on any atom is -0.480 e. The molecule has 72 valence electrons. The smallest absolute Gasteiger partial charge is 0.328 e. The molecule has 1 aromatic rings. The Balaban J connectivity index is 2.95. The van der Waals surface area contributed by atoms with Crippen molar-refractivity contribution < 1.29 is 9.90 Å². The fourth-order valence-electron chi connectivity index (χ4n) is 1.20. The normalized spacial score (nSPS) is 13.2. The summed E-state index contributed by atoms with van der Waals surface area (Å²) in [6.45, 7) is 5.47. The molecule has 0 saturated heterocycles. The lowest BCUT2D eigenvalue weighted by atomic mass is 10.1. The number of hydrogen-bond donors (Lipinski definition) is 1. The fraction of sp³-hybridized carbons (Fsp3) is 0.625. The molecule has 0 aromatic carbocycles. The summed E-state index contributed by atoms with van der Waals surface area (Å²) in [4.78, 5) is 10.9. The van der Waals surface area contributed by atoms with Gasteiger partial charge in [-0.1, -0.05) is 19.1 Å². The van der Waals surface area contributed by atoms with Crippen molar-refractivity contribution in [1.29, 1.82) is 0 Å². The molecule has 1 aromatic heterocycles. The molecule has 0 aliphatic carbocycles. The van der Waals surface area contributed by atoms with Crippen LogP contribution in [0, 0.1) is 12.8 Å². The highest BCUT2D eigenvalue weighted by molar-refractivity contribution is 5.71. The Labute approximate surface area is 76.4 Å². The van der Waals surface area contributed by atoms with Crippen molar-refractivity contribution in [2.24, 2.45) is 5.92 Å². The Hall–Kier alpha value is -1.39. The number of carbonyl (C=O) groups is 1. The zero-order valence-corrected chi connectivity index (χ0v) is 7.93. The molecular formula is C8H13N3O2. The Bertz CT molecular complexity index is 306. The summed E-state index contributed by atoms with van der Waals surface area (Å²) in [5, 5.41) is 16.4. The maximum Gasteiger partial charge on any atom is 0.328 e. The van der Waals surface area contributed by atoms with E-state index in [2.05, 4.69) is 10.3 Å². The predicted octanol–water partition coefficient (Wildman–Crippen LogP) is 0.868. The monoisotopic (exact) mass is 183 g/mol. The van der Waals surface area contributed by atoms with E-state index in [4.69, 9.17) is 5.11 Å². The molecule has 5 nitrogen and oxygen atoms in total. The van der Waals surface area contributed by atoms with E-state index in [-0.39, 0.29) is 5.92 Å². The first-order valence-corrected chi connectivity index (χ1v) is 4.13. The number of nitrogens with zero attached hydrogens (tertiary/aromatic N) is 3. The van der Waals surface area contributed by atoms with Crippen LogP contribution in [0.2, 0.25) is 0 Å². The molecule has 0 radical (unpaired) electrons. The molecule has 0 bridgehead atoms. The van der Waals surface area contributed by atoms with Gasteiger partial charge in [0.2, 0.25) is 0 Å². The SMILES string of the molecule is Cc1cn([C@H](C(=O)O)C(C)C)nn1. The lowest BCUT2D eigenvalue weighted by Gasteiger charge is -2.15. The molecule has 1 atom stereocenters. The van der Waals surface area contributed by atoms with Crippen LogP contribution < -0.4 is 0 Å². The van der Waals surface area contributed by atoms with Gasteiger partial charge in [-0.3, -0.25) is 0 Å². The number of aromatic nitrogens is 3. The van der Waals surface area contributed by atoms with E-state index in [1.54, 1.807) is 13.1 Å². The maximum atomic E-state index is 10.9. The van der Waals surface area contributed by atoms with E-state index < -0.39 is 12.0 Å². The second-order valence-corrected chi connectivity index (χ2v) is 3.37. The first-order valence-electron chi connectivity index (χ1n) is 4.13. The van der Waals surface area contributed by atoms with E-state index in [1.165, 1.54) is 4.68 Å². The topological polar surface area (TPSA) is 68.0 Å². The van der Waals surface area contributed by atoms with Gasteiger partial charge in [0.05, 0.1) is 5.69 Å². The van der Waals surface area contributed by atoms with Crippen LogP contribution in [0.25, 0.3) is 0 Å². The minimum atomic E-state index is -0.875. The van der Waals surface area contributed by atoms with Gasteiger partial charge >= 0.3 is 5.97 Å². The van der Waals surface area contributed by atoms with Gasteiger partial charge in [-0.15, -0.1) is 5.10 Å². The number of hydrogen-bond acceptors (Lipinski definition) is 3. The van der Waals surface area contributed by atoms with E-state index >= 15 is 0 Å². The van der Waals surface area contributed by atoms with Gasteiger partial charge in [-0.25, -0.2) is 9.48 Å². The van der Waals surface area contributed by atoms with Crippen molar-refractivity contribution in [1.82, 2.24) is 15.0 Å². The molecule has 0 aliphatic rings. The Morgan fingerprint density at radius 1 is 1.62 bits per heavy atom. The van der Waals surface area contributed by atoms with Crippen molar-refractivity contribution >= 4 is 5.97 Å². The highest BCUT2D eigenvalue weighted by atomic mass is 16.4. The Kier molecular flexibility index (Phi) is 2.65. The zero-order valence-electron chi connectivity index (χ0n) is 7.93. The van der Waals surface area contributed by atoms with Crippen molar-refractivity contribution in [2.75, 3.05) is 0 Å². The number of rotatable bonds is 3. The van der Waals surface area contributed by atoms with Gasteiger partial charge in [-0.05, 0) is 12.8 Å². The number of carboxylic acid groups (broad SMARTS) is 1.